The van der Waals surface area contributed by atoms with Gasteiger partial charge in [-0.05, 0) is 33.6 Å². The second-order valence-corrected chi connectivity index (χ2v) is 5.46. The minimum atomic E-state index is -5.92. The molecule has 0 unspecified atom stereocenters. The van der Waals surface area contributed by atoms with Gasteiger partial charge in [0, 0.05) is 13.1 Å². The molecular weight excluding hydrogens is 315 g/mol. The number of rotatable bonds is 6. The number of hydrogen-bond acceptors (Lipinski definition) is 3. The van der Waals surface area contributed by atoms with Gasteiger partial charge in [-0.15, -0.1) is 0 Å². The predicted molar refractivity (Wildman–Crippen MR) is 67.5 cm³/mol. The molecular formula is C12H19F5N2O3. The number of ether oxygens (including phenoxy) is 1. The molecule has 0 spiro atoms. The van der Waals surface area contributed by atoms with Gasteiger partial charge in [0.05, 0.1) is 0 Å². The number of amides is 2. The maximum atomic E-state index is 12.6. The van der Waals surface area contributed by atoms with Gasteiger partial charge in [0.25, 0.3) is 5.91 Å². The molecule has 0 saturated carbocycles. The van der Waals surface area contributed by atoms with Crippen LogP contribution in [0.3, 0.4) is 0 Å². The summed E-state index contributed by atoms with van der Waals surface area (Å²) < 4.78 is 65.6. The standard InChI is InChI=1S/C12H19F5N2O3/c1-10(2,3)22-9(21)19-7-5-4-6-18-8(20)11(13,14)12(15,16)17/h4-7H2,1-3H3,(H,18,20)(H,19,21). The first kappa shape index (κ1) is 20.4. The third kappa shape index (κ3) is 7.41. The molecule has 2 amide bonds. The highest BCUT2D eigenvalue weighted by atomic mass is 19.4. The Balaban J connectivity index is 3.88. The van der Waals surface area contributed by atoms with Crippen LogP contribution < -0.4 is 10.6 Å². The first-order valence-corrected chi connectivity index (χ1v) is 6.47. The van der Waals surface area contributed by atoms with Crippen molar-refractivity contribution in [3.05, 3.63) is 0 Å². The highest BCUT2D eigenvalue weighted by Gasteiger charge is 2.63. The Bertz CT molecular complexity index is 391. The van der Waals surface area contributed by atoms with E-state index in [2.05, 4.69) is 5.32 Å². The smallest absolute Gasteiger partial charge is 0.444 e. The fourth-order valence-corrected chi connectivity index (χ4v) is 1.20. The Morgan fingerprint density at radius 3 is 1.77 bits per heavy atom. The highest BCUT2D eigenvalue weighted by Crippen LogP contribution is 2.35. The molecule has 0 aliphatic heterocycles. The Kier molecular flexibility index (Phi) is 7.04. The maximum Gasteiger partial charge on any atom is 0.463 e. The molecule has 0 aromatic rings. The van der Waals surface area contributed by atoms with Gasteiger partial charge in [0.15, 0.2) is 0 Å². The quantitative estimate of drug-likeness (QED) is 0.580. The zero-order valence-electron chi connectivity index (χ0n) is 12.4. The number of unbranched alkanes of at least 4 members (excludes halogenated alkanes) is 1. The van der Waals surface area contributed by atoms with Crippen LogP contribution in [0, 0.1) is 0 Å². The molecule has 22 heavy (non-hydrogen) atoms. The molecule has 130 valence electrons. The van der Waals surface area contributed by atoms with E-state index in [4.69, 9.17) is 4.74 Å². The zero-order valence-corrected chi connectivity index (χ0v) is 12.4. The van der Waals surface area contributed by atoms with E-state index in [0.717, 1.165) is 0 Å². The summed E-state index contributed by atoms with van der Waals surface area (Å²) in [5, 5.41) is 3.88. The zero-order chi connectivity index (χ0) is 17.6. The summed E-state index contributed by atoms with van der Waals surface area (Å²) in [5.74, 6) is -7.80. The van der Waals surface area contributed by atoms with Crippen LogP contribution >= 0.6 is 0 Å². The number of alkyl halides is 5. The van der Waals surface area contributed by atoms with Crippen molar-refractivity contribution >= 4 is 12.0 Å². The van der Waals surface area contributed by atoms with Crippen LogP contribution in [0.5, 0.6) is 0 Å². The molecule has 0 heterocycles. The first-order chi connectivity index (χ1) is 9.77. The lowest BCUT2D eigenvalue weighted by atomic mass is 10.2. The topological polar surface area (TPSA) is 67.4 Å². The van der Waals surface area contributed by atoms with Crippen molar-refractivity contribution in [2.75, 3.05) is 13.1 Å². The fourth-order valence-electron chi connectivity index (χ4n) is 1.20. The molecule has 0 aliphatic rings. The molecule has 0 saturated heterocycles. The van der Waals surface area contributed by atoms with Gasteiger partial charge in [-0.2, -0.15) is 22.0 Å². The Morgan fingerprint density at radius 1 is 0.909 bits per heavy atom. The number of alkyl carbamates (subject to hydrolysis) is 1. The number of nitrogens with one attached hydrogen (secondary N) is 2. The first-order valence-electron chi connectivity index (χ1n) is 6.47. The van der Waals surface area contributed by atoms with E-state index in [1.165, 1.54) is 5.32 Å². The number of halogens is 5. The lowest BCUT2D eigenvalue weighted by Gasteiger charge is -2.20. The van der Waals surface area contributed by atoms with Gasteiger partial charge in [0.2, 0.25) is 0 Å². The van der Waals surface area contributed by atoms with Crippen molar-refractivity contribution in [1.29, 1.82) is 0 Å². The lowest BCUT2D eigenvalue weighted by Crippen LogP contribution is -2.50. The van der Waals surface area contributed by atoms with E-state index in [1.54, 1.807) is 20.8 Å². The molecule has 0 radical (unpaired) electrons. The number of hydrogen-bond donors (Lipinski definition) is 2. The van der Waals surface area contributed by atoms with E-state index in [9.17, 15) is 31.5 Å². The van der Waals surface area contributed by atoms with Crippen LogP contribution in [0.2, 0.25) is 0 Å². The van der Waals surface area contributed by atoms with Crippen molar-refractivity contribution in [1.82, 2.24) is 10.6 Å². The maximum absolute atomic E-state index is 12.6. The molecule has 0 atom stereocenters. The van der Waals surface area contributed by atoms with Crippen molar-refractivity contribution in [2.45, 2.75) is 51.3 Å². The minimum absolute atomic E-state index is 0.121. The summed E-state index contributed by atoms with van der Waals surface area (Å²) in [6, 6.07) is 0. The Labute approximate surface area is 124 Å². The number of carbonyl (C=O) groups excluding carboxylic acids is 2. The minimum Gasteiger partial charge on any atom is -0.444 e. The average Bonchev–Trinajstić information content (AvgIpc) is 2.29. The summed E-state index contributed by atoms with van der Waals surface area (Å²) in [6.45, 7) is 4.79. The molecule has 0 aliphatic carbocycles. The molecule has 5 nitrogen and oxygen atoms in total. The normalized spacial score (nSPS) is 12.7. The van der Waals surface area contributed by atoms with Gasteiger partial charge in [-0.1, -0.05) is 0 Å². The lowest BCUT2D eigenvalue weighted by molar-refractivity contribution is -0.269. The third-order valence-electron chi connectivity index (χ3n) is 2.20. The highest BCUT2D eigenvalue weighted by molar-refractivity contribution is 5.84. The largest absolute Gasteiger partial charge is 0.463 e. The van der Waals surface area contributed by atoms with Gasteiger partial charge < -0.3 is 15.4 Å². The van der Waals surface area contributed by atoms with Crippen LogP contribution in [-0.4, -0.2) is 42.8 Å². The van der Waals surface area contributed by atoms with Gasteiger partial charge in [-0.25, -0.2) is 4.79 Å². The monoisotopic (exact) mass is 334 g/mol. The van der Waals surface area contributed by atoms with Crippen LogP contribution in [0.15, 0.2) is 0 Å². The van der Waals surface area contributed by atoms with E-state index >= 15 is 0 Å². The molecule has 0 aromatic heterocycles. The van der Waals surface area contributed by atoms with Crippen molar-refractivity contribution in [3.8, 4) is 0 Å². The average molecular weight is 334 g/mol. The van der Waals surface area contributed by atoms with E-state index in [1.807, 2.05) is 0 Å². The molecule has 10 heteroatoms. The summed E-state index contributed by atoms with van der Waals surface area (Å²) in [5.41, 5.74) is -0.665. The van der Waals surface area contributed by atoms with E-state index < -0.39 is 29.7 Å². The Hall–Kier alpha value is -1.61. The van der Waals surface area contributed by atoms with E-state index in [-0.39, 0.29) is 25.9 Å². The molecule has 2 N–H and O–H groups in total. The second kappa shape index (κ2) is 7.59. The van der Waals surface area contributed by atoms with Gasteiger partial charge in [-0.3, -0.25) is 4.79 Å². The Morgan fingerprint density at radius 2 is 1.36 bits per heavy atom. The summed E-state index contributed by atoms with van der Waals surface area (Å²) in [7, 11) is 0. The van der Waals surface area contributed by atoms with Crippen LogP contribution in [-0.2, 0) is 9.53 Å². The van der Waals surface area contributed by atoms with Gasteiger partial charge >= 0.3 is 18.2 Å². The fraction of sp³-hybridized carbons (Fsp3) is 0.833. The van der Waals surface area contributed by atoms with Crippen LogP contribution in [0.1, 0.15) is 33.6 Å². The van der Waals surface area contributed by atoms with Crippen LogP contribution in [0.4, 0.5) is 26.7 Å². The molecule has 0 bridgehead atoms. The van der Waals surface area contributed by atoms with Crippen LogP contribution in [0.25, 0.3) is 0 Å². The van der Waals surface area contributed by atoms with E-state index in [0.29, 0.717) is 0 Å². The van der Waals surface area contributed by atoms with Crippen molar-refractivity contribution in [3.63, 3.8) is 0 Å². The second-order valence-electron chi connectivity index (χ2n) is 5.46. The molecule has 0 fully saturated rings. The van der Waals surface area contributed by atoms with Crippen molar-refractivity contribution in [2.24, 2.45) is 0 Å². The SMILES string of the molecule is CC(C)(C)OC(=O)NCCCCNC(=O)C(F)(F)C(F)(F)F. The summed E-state index contributed by atoms with van der Waals surface area (Å²) >= 11 is 0. The number of carbonyl (C=O) groups is 2. The van der Waals surface area contributed by atoms with Gasteiger partial charge in [0.1, 0.15) is 5.60 Å². The third-order valence-corrected chi connectivity index (χ3v) is 2.20. The predicted octanol–water partition coefficient (Wildman–Crippen LogP) is 2.61. The molecule has 0 rings (SSSR count). The van der Waals surface area contributed by atoms with Crippen molar-refractivity contribution < 1.29 is 36.3 Å². The molecule has 0 aromatic carbocycles. The summed E-state index contributed by atoms with van der Waals surface area (Å²) in [4.78, 5) is 22.0. The summed E-state index contributed by atoms with van der Waals surface area (Å²) in [6.07, 6.45) is -6.19.